The Kier molecular flexibility index (Phi) is 5.55. The van der Waals surface area contributed by atoms with Crippen LogP contribution in [0.25, 0.3) is 0 Å². The zero-order valence-corrected chi connectivity index (χ0v) is 12.7. The molecule has 0 aliphatic rings. The summed E-state index contributed by atoms with van der Waals surface area (Å²) in [7, 11) is 0. The number of ketones is 1. The first-order valence-electron chi connectivity index (χ1n) is 6.21. The lowest BCUT2D eigenvalue weighted by atomic mass is 10.2. The number of Topliss-reactive ketones (excluding diaryl/α,β-unsaturated/α-hetero) is 1. The number of thiophene rings is 1. The van der Waals surface area contributed by atoms with Crippen LogP contribution in [0.5, 0.6) is 0 Å². The number of carbonyl (C=O) groups excluding carboxylic acids is 2. The number of amides is 1. The van der Waals surface area contributed by atoms with Gasteiger partial charge in [0.15, 0.2) is 5.78 Å². The Morgan fingerprint density at radius 2 is 1.95 bits per heavy atom. The Labute approximate surface area is 130 Å². The predicted octanol–water partition coefficient (Wildman–Crippen LogP) is 3.92. The number of anilines is 1. The van der Waals surface area contributed by atoms with E-state index in [9.17, 15) is 9.59 Å². The van der Waals surface area contributed by atoms with Crippen molar-refractivity contribution in [3.8, 4) is 5.40 Å². The maximum Gasteiger partial charge on any atom is 0.224 e. The second-order valence-corrected chi connectivity index (χ2v) is 5.97. The van der Waals surface area contributed by atoms with Crippen LogP contribution < -0.4 is 5.32 Å². The highest BCUT2D eigenvalue weighted by Gasteiger charge is 2.10. The second-order valence-electron chi connectivity index (χ2n) is 4.17. The quantitative estimate of drug-likeness (QED) is 0.498. The summed E-state index contributed by atoms with van der Waals surface area (Å²) in [5, 5.41) is 15.1. The van der Waals surface area contributed by atoms with Gasteiger partial charge in [-0.25, -0.2) is 0 Å². The lowest BCUT2D eigenvalue weighted by Gasteiger charge is -2.05. The minimum Gasteiger partial charge on any atom is -0.326 e. The maximum absolute atomic E-state index is 11.8. The Balaban J connectivity index is 1.82. The molecule has 0 radical (unpaired) electrons. The van der Waals surface area contributed by atoms with Crippen LogP contribution >= 0.6 is 23.1 Å². The molecule has 0 saturated carbocycles. The number of rotatable bonds is 6. The van der Waals surface area contributed by atoms with Crippen molar-refractivity contribution in [2.75, 3.05) is 5.32 Å². The van der Waals surface area contributed by atoms with Gasteiger partial charge in [-0.2, -0.15) is 5.26 Å². The molecule has 1 aromatic heterocycles. The van der Waals surface area contributed by atoms with Gasteiger partial charge < -0.3 is 5.32 Å². The van der Waals surface area contributed by atoms with Crippen LogP contribution in [0.3, 0.4) is 0 Å². The van der Waals surface area contributed by atoms with Gasteiger partial charge in [0, 0.05) is 23.4 Å². The number of nitriles is 1. The Morgan fingerprint density at radius 1 is 1.19 bits per heavy atom. The van der Waals surface area contributed by atoms with Gasteiger partial charge in [-0.05, 0) is 47.5 Å². The van der Waals surface area contributed by atoms with E-state index in [2.05, 4.69) is 5.32 Å². The maximum atomic E-state index is 11.8. The Morgan fingerprint density at radius 3 is 2.57 bits per heavy atom. The van der Waals surface area contributed by atoms with E-state index >= 15 is 0 Å². The zero-order chi connectivity index (χ0) is 15.1. The molecule has 0 aliphatic carbocycles. The van der Waals surface area contributed by atoms with Crippen molar-refractivity contribution in [1.82, 2.24) is 0 Å². The van der Waals surface area contributed by atoms with Crippen LogP contribution in [0.2, 0.25) is 0 Å². The highest BCUT2D eigenvalue weighted by atomic mass is 32.2. The van der Waals surface area contributed by atoms with Gasteiger partial charge >= 0.3 is 0 Å². The third-order valence-electron chi connectivity index (χ3n) is 2.68. The van der Waals surface area contributed by atoms with Crippen LogP contribution in [-0.4, -0.2) is 11.7 Å². The number of carbonyl (C=O) groups is 2. The fraction of sp³-hybridized carbons (Fsp3) is 0.133. The summed E-state index contributed by atoms with van der Waals surface area (Å²) >= 11 is 2.45. The topological polar surface area (TPSA) is 70.0 Å². The number of hydrogen-bond acceptors (Lipinski definition) is 5. The van der Waals surface area contributed by atoms with E-state index in [4.69, 9.17) is 5.26 Å². The summed E-state index contributed by atoms with van der Waals surface area (Å²) in [6, 6.07) is 10.6. The molecule has 0 fully saturated rings. The molecule has 6 heteroatoms. The zero-order valence-electron chi connectivity index (χ0n) is 11.0. The van der Waals surface area contributed by atoms with E-state index in [1.165, 1.54) is 11.3 Å². The SMILES string of the molecule is N#CSc1ccc(NC(=O)CCC(=O)c2cccs2)cc1. The summed E-state index contributed by atoms with van der Waals surface area (Å²) in [4.78, 5) is 25.1. The first-order chi connectivity index (χ1) is 10.2. The van der Waals surface area contributed by atoms with E-state index < -0.39 is 0 Å². The van der Waals surface area contributed by atoms with Gasteiger partial charge in [0.05, 0.1) is 4.88 Å². The minimum atomic E-state index is -0.194. The molecule has 2 aromatic rings. The van der Waals surface area contributed by atoms with Crippen molar-refractivity contribution < 1.29 is 9.59 Å². The molecule has 1 heterocycles. The van der Waals surface area contributed by atoms with Crippen molar-refractivity contribution in [2.45, 2.75) is 17.7 Å². The summed E-state index contributed by atoms with van der Waals surface area (Å²) in [5.41, 5.74) is 0.658. The summed E-state index contributed by atoms with van der Waals surface area (Å²) in [6.45, 7) is 0. The van der Waals surface area contributed by atoms with E-state index in [-0.39, 0.29) is 24.5 Å². The molecule has 0 spiro atoms. The van der Waals surface area contributed by atoms with Crippen molar-refractivity contribution in [2.24, 2.45) is 0 Å². The van der Waals surface area contributed by atoms with Crippen molar-refractivity contribution >= 4 is 40.5 Å². The van der Waals surface area contributed by atoms with E-state index in [1.807, 2.05) is 16.8 Å². The average Bonchev–Trinajstić information content (AvgIpc) is 3.01. The molecular weight excluding hydrogens is 304 g/mol. The van der Waals surface area contributed by atoms with Crippen LogP contribution in [0.1, 0.15) is 22.5 Å². The molecule has 0 atom stereocenters. The number of benzene rings is 1. The smallest absolute Gasteiger partial charge is 0.224 e. The van der Waals surface area contributed by atoms with E-state index in [0.717, 1.165) is 16.7 Å². The molecule has 2 rings (SSSR count). The molecule has 21 heavy (non-hydrogen) atoms. The molecule has 0 aliphatic heterocycles. The van der Waals surface area contributed by atoms with Crippen LogP contribution in [0.4, 0.5) is 5.69 Å². The normalized spacial score (nSPS) is 9.86. The predicted molar refractivity (Wildman–Crippen MR) is 84.4 cm³/mol. The van der Waals surface area contributed by atoms with Crippen LogP contribution in [-0.2, 0) is 4.79 Å². The van der Waals surface area contributed by atoms with Gasteiger partial charge in [-0.1, -0.05) is 6.07 Å². The fourth-order valence-electron chi connectivity index (χ4n) is 1.67. The number of thioether (sulfide) groups is 1. The Hall–Kier alpha value is -2.10. The highest BCUT2D eigenvalue weighted by molar-refractivity contribution is 8.03. The van der Waals surface area contributed by atoms with Gasteiger partial charge in [0.25, 0.3) is 0 Å². The van der Waals surface area contributed by atoms with E-state index in [1.54, 1.807) is 30.3 Å². The summed E-state index contributed by atoms with van der Waals surface area (Å²) in [5.74, 6) is -0.207. The van der Waals surface area contributed by atoms with Gasteiger partial charge in [0.2, 0.25) is 5.91 Å². The molecule has 106 valence electrons. The standard InChI is InChI=1S/C15H12N2O2S2/c16-10-21-12-5-3-11(4-6-12)17-15(19)8-7-13(18)14-2-1-9-20-14/h1-6,9H,7-8H2,(H,17,19). The highest BCUT2D eigenvalue weighted by Crippen LogP contribution is 2.19. The number of nitrogens with zero attached hydrogens (tertiary/aromatic N) is 1. The third-order valence-corrected chi connectivity index (χ3v) is 4.19. The van der Waals surface area contributed by atoms with Crippen molar-refractivity contribution in [1.29, 1.82) is 5.26 Å². The van der Waals surface area contributed by atoms with Gasteiger partial charge in [-0.3, -0.25) is 9.59 Å². The fourth-order valence-corrected chi connectivity index (χ4v) is 2.74. The van der Waals surface area contributed by atoms with Gasteiger partial charge in [0.1, 0.15) is 5.40 Å². The molecule has 1 N–H and O–H groups in total. The van der Waals surface area contributed by atoms with Crippen LogP contribution in [0.15, 0.2) is 46.7 Å². The van der Waals surface area contributed by atoms with Crippen LogP contribution in [0, 0.1) is 10.7 Å². The summed E-state index contributed by atoms with van der Waals surface area (Å²) in [6.07, 6.45) is 0.361. The molecule has 0 unspecified atom stereocenters. The average molecular weight is 316 g/mol. The van der Waals surface area contributed by atoms with Crippen molar-refractivity contribution in [3.63, 3.8) is 0 Å². The second kappa shape index (κ2) is 7.62. The molecular formula is C15H12N2O2S2. The lowest BCUT2D eigenvalue weighted by molar-refractivity contribution is -0.116. The molecule has 0 saturated heterocycles. The Bertz CT molecular complexity index is 658. The first-order valence-corrected chi connectivity index (χ1v) is 7.91. The third kappa shape index (κ3) is 4.74. The minimum absolute atomic E-state index is 0.0130. The first kappa shape index (κ1) is 15.3. The number of thiocyanates is 1. The van der Waals surface area contributed by atoms with Crippen molar-refractivity contribution in [3.05, 3.63) is 46.7 Å². The molecule has 4 nitrogen and oxygen atoms in total. The molecule has 1 aromatic carbocycles. The number of nitrogens with one attached hydrogen (secondary N) is 1. The number of hydrogen-bond donors (Lipinski definition) is 1. The lowest BCUT2D eigenvalue weighted by Crippen LogP contribution is -2.13. The molecule has 1 amide bonds. The summed E-state index contributed by atoms with van der Waals surface area (Å²) < 4.78 is 0. The van der Waals surface area contributed by atoms with E-state index in [0.29, 0.717) is 10.6 Å². The largest absolute Gasteiger partial charge is 0.326 e. The van der Waals surface area contributed by atoms with Gasteiger partial charge in [-0.15, -0.1) is 11.3 Å². The molecule has 0 bridgehead atoms. The monoisotopic (exact) mass is 316 g/mol.